The topological polar surface area (TPSA) is 110 Å². The van der Waals surface area contributed by atoms with Gasteiger partial charge in [-0.15, -0.1) is 0 Å². The molecule has 0 aromatic heterocycles. The van der Waals surface area contributed by atoms with Crippen LogP contribution >= 0.6 is 0 Å². The standard InChI is InChI=1S/C7H13FO6/c8-2-7(13)6(12)4(11)5(14-7)3(10)1-9/h3-6,9-13H,1-2H2/t3?,4-,5-,6+,7-/m0/s1. The van der Waals surface area contributed by atoms with Gasteiger partial charge in [-0.3, -0.25) is 0 Å². The summed E-state index contributed by atoms with van der Waals surface area (Å²) >= 11 is 0. The molecule has 84 valence electrons. The molecular weight excluding hydrogens is 199 g/mol. The first-order valence-corrected chi connectivity index (χ1v) is 4.07. The normalized spacial score (nSPS) is 45.4. The molecule has 0 amide bonds. The van der Waals surface area contributed by atoms with Crippen LogP contribution in [0.4, 0.5) is 4.39 Å². The Morgan fingerprint density at radius 2 is 2.00 bits per heavy atom. The number of ether oxygens (including phenoxy) is 1. The lowest BCUT2D eigenvalue weighted by Gasteiger charge is -2.22. The number of halogens is 1. The largest absolute Gasteiger partial charge is 0.394 e. The first-order chi connectivity index (χ1) is 6.46. The fraction of sp³-hybridized carbons (Fsp3) is 1.00. The summed E-state index contributed by atoms with van der Waals surface area (Å²) in [5.74, 6) is -2.51. The molecule has 0 aliphatic carbocycles. The Labute approximate surface area is 79.2 Å². The van der Waals surface area contributed by atoms with Crippen LogP contribution in [0, 0.1) is 0 Å². The monoisotopic (exact) mass is 212 g/mol. The Bertz CT molecular complexity index is 203. The smallest absolute Gasteiger partial charge is 0.224 e. The summed E-state index contributed by atoms with van der Waals surface area (Å²) < 4.78 is 16.8. The summed E-state index contributed by atoms with van der Waals surface area (Å²) in [6.07, 6.45) is -6.38. The van der Waals surface area contributed by atoms with E-state index in [1.165, 1.54) is 0 Å². The lowest BCUT2D eigenvalue weighted by Crippen LogP contribution is -2.45. The molecule has 1 aliphatic rings. The molecule has 1 fully saturated rings. The van der Waals surface area contributed by atoms with Crippen molar-refractivity contribution in [3.63, 3.8) is 0 Å². The lowest BCUT2D eigenvalue weighted by molar-refractivity contribution is -0.244. The van der Waals surface area contributed by atoms with Gasteiger partial charge < -0.3 is 30.3 Å². The molecule has 1 heterocycles. The first-order valence-electron chi connectivity index (χ1n) is 4.07. The van der Waals surface area contributed by atoms with E-state index in [-0.39, 0.29) is 0 Å². The third-order valence-corrected chi connectivity index (χ3v) is 2.22. The maximum Gasteiger partial charge on any atom is 0.224 e. The zero-order chi connectivity index (χ0) is 10.9. The molecule has 5 N–H and O–H groups in total. The van der Waals surface area contributed by atoms with Crippen molar-refractivity contribution in [1.29, 1.82) is 0 Å². The number of hydrogen-bond donors (Lipinski definition) is 5. The van der Waals surface area contributed by atoms with Crippen molar-refractivity contribution in [2.45, 2.75) is 30.2 Å². The average molecular weight is 212 g/mol. The van der Waals surface area contributed by atoms with E-state index in [1.807, 2.05) is 0 Å². The van der Waals surface area contributed by atoms with Crippen molar-refractivity contribution >= 4 is 0 Å². The van der Waals surface area contributed by atoms with Crippen molar-refractivity contribution in [1.82, 2.24) is 0 Å². The summed E-state index contributed by atoms with van der Waals surface area (Å²) in [6.45, 7) is -2.14. The van der Waals surface area contributed by atoms with Crippen LogP contribution in [0.5, 0.6) is 0 Å². The fourth-order valence-electron chi connectivity index (χ4n) is 1.34. The second kappa shape index (κ2) is 4.05. The molecule has 5 atom stereocenters. The Morgan fingerprint density at radius 1 is 1.43 bits per heavy atom. The van der Waals surface area contributed by atoms with E-state index in [4.69, 9.17) is 10.2 Å². The van der Waals surface area contributed by atoms with Gasteiger partial charge in [0.05, 0.1) is 6.61 Å². The van der Waals surface area contributed by atoms with Gasteiger partial charge in [0, 0.05) is 0 Å². The van der Waals surface area contributed by atoms with E-state index in [0.29, 0.717) is 0 Å². The third kappa shape index (κ3) is 1.74. The van der Waals surface area contributed by atoms with E-state index in [1.54, 1.807) is 0 Å². The molecule has 1 unspecified atom stereocenters. The molecule has 0 radical (unpaired) electrons. The average Bonchev–Trinajstić information content (AvgIpc) is 2.43. The number of alkyl halides is 1. The summed E-state index contributed by atoms with van der Waals surface area (Å²) in [4.78, 5) is 0. The van der Waals surface area contributed by atoms with Gasteiger partial charge in [-0.2, -0.15) is 0 Å². The summed E-state index contributed by atoms with van der Waals surface area (Å²) in [5, 5.41) is 45.3. The molecule has 1 rings (SSSR count). The van der Waals surface area contributed by atoms with Crippen LogP contribution in [0.3, 0.4) is 0 Å². The van der Waals surface area contributed by atoms with Gasteiger partial charge in [-0.25, -0.2) is 4.39 Å². The molecule has 0 aromatic carbocycles. The molecule has 6 nitrogen and oxygen atoms in total. The van der Waals surface area contributed by atoms with Gasteiger partial charge in [0.1, 0.15) is 31.1 Å². The van der Waals surface area contributed by atoms with Crippen LogP contribution in [-0.2, 0) is 4.74 Å². The minimum atomic E-state index is -2.51. The van der Waals surface area contributed by atoms with Gasteiger partial charge in [0.15, 0.2) is 0 Å². The van der Waals surface area contributed by atoms with Gasteiger partial charge in [0.2, 0.25) is 5.79 Å². The van der Waals surface area contributed by atoms with Crippen molar-refractivity contribution < 1.29 is 34.7 Å². The Kier molecular flexibility index (Phi) is 3.40. The molecule has 0 saturated carbocycles. The zero-order valence-corrected chi connectivity index (χ0v) is 7.25. The minimum Gasteiger partial charge on any atom is -0.394 e. The number of aliphatic hydroxyl groups excluding tert-OH is 4. The molecule has 1 saturated heterocycles. The van der Waals surface area contributed by atoms with Crippen LogP contribution < -0.4 is 0 Å². The van der Waals surface area contributed by atoms with Crippen molar-refractivity contribution in [3.05, 3.63) is 0 Å². The SMILES string of the molecule is OCC(O)[C@@H]1O[C@@](O)(CF)[C@H](O)[C@H]1O. The van der Waals surface area contributed by atoms with Crippen LogP contribution in [0.1, 0.15) is 0 Å². The van der Waals surface area contributed by atoms with Crippen molar-refractivity contribution in [2.75, 3.05) is 13.3 Å². The van der Waals surface area contributed by atoms with E-state index in [0.717, 1.165) is 0 Å². The Hall–Kier alpha value is -0.310. The highest BCUT2D eigenvalue weighted by molar-refractivity contribution is 4.97. The predicted molar refractivity (Wildman–Crippen MR) is 40.9 cm³/mol. The van der Waals surface area contributed by atoms with Crippen molar-refractivity contribution in [2.24, 2.45) is 0 Å². The lowest BCUT2D eigenvalue weighted by atomic mass is 10.0. The van der Waals surface area contributed by atoms with Crippen LogP contribution in [0.25, 0.3) is 0 Å². The summed E-state index contributed by atoms with van der Waals surface area (Å²) in [7, 11) is 0. The van der Waals surface area contributed by atoms with Crippen LogP contribution in [0.15, 0.2) is 0 Å². The van der Waals surface area contributed by atoms with E-state index in [2.05, 4.69) is 4.74 Å². The Morgan fingerprint density at radius 3 is 2.36 bits per heavy atom. The van der Waals surface area contributed by atoms with Gasteiger partial charge >= 0.3 is 0 Å². The molecule has 0 aromatic rings. The summed E-state index contributed by atoms with van der Waals surface area (Å²) in [5.41, 5.74) is 0. The molecule has 0 spiro atoms. The molecule has 1 aliphatic heterocycles. The maximum absolute atomic E-state index is 12.3. The molecule has 0 bridgehead atoms. The highest BCUT2D eigenvalue weighted by atomic mass is 19.1. The first kappa shape index (κ1) is 11.8. The second-order valence-corrected chi connectivity index (χ2v) is 3.25. The summed E-state index contributed by atoms with van der Waals surface area (Å²) in [6, 6.07) is 0. The van der Waals surface area contributed by atoms with Gasteiger partial charge in [-0.1, -0.05) is 0 Å². The van der Waals surface area contributed by atoms with E-state index < -0.39 is 43.5 Å². The Balaban J connectivity index is 2.76. The predicted octanol–water partition coefficient (Wildman–Crippen LogP) is -2.88. The van der Waals surface area contributed by atoms with E-state index in [9.17, 15) is 19.7 Å². The highest BCUT2D eigenvalue weighted by Gasteiger charge is 2.55. The molecule has 7 heteroatoms. The molecular formula is C7H13FO6. The minimum absolute atomic E-state index is 0.725. The maximum atomic E-state index is 12.3. The van der Waals surface area contributed by atoms with Gasteiger partial charge in [0.25, 0.3) is 0 Å². The van der Waals surface area contributed by atoms with Crippen LogP contribution in [-0.4, -0.2) is 69.0 Å². The van der Waals surface area contributed by atoms with E-state index >= 15 is 0 Å². The number of hydrogen-bond acceptors (Lipinski definition) is 6. The second-order valence-electron chi connectivity index (χ2n) is 3.25. The highest BCUT2D eigenvalue weighted by Crippen LogP contribution is 2.31. The number of aliphatic hydroxyl groups is 5. The molecule has 14 heavy (non-hydrogen) atoms. The zero-order valence-electron chi connectivity index (χ0n) is 7.25. The van der Waals surface area contributed by atoms with Crippen molar-refractivity contribution in [3.8, 4) is 0 Å². The fourth-order valence-corrected chi connectivity index (χ4v) is 1.34. The van der Waals surface area contributed by atoms with Gasteiger partial charge in [-0.05, 0) is 0 Å². The van der Waals surface area contributed by atoms with Crippen LogP contribution in [0.2, 0.25) is 0 Å². The number of rotatable bonds is 3. The quantitative estimate of drug-likeness (QED) is 0.343. The third-order valence-electron chi connectivity index (χ3n) is 2.22.